The van der Waals surface area contributed by atoms with Gasteiger partial charge in [0.15, 0.2) is 6.61 Å². The molecule has 0 aliphatic rings. The van der Waals surface area contributed by atoms with Crippen LogP contribution in [0.2, 0.25) is 0 Å². The van der Waals surface area contributed by atoms with Crippen molar-refractivity contribution < 1.29 is 27.1 Å². The Bertz CT molecular complexity index is 1080. The van der Waals surface area contributed by atoms with Crippen molar-refractivity contribution in [2.75, 3.05) is 11.9 Å². The maximum atomic E-state index is 13.9. The van der Waals surface area contributed by atoms with Crippen LogP contribution in [0, 0.1) is 18.7 Å². The van der Waals surface area contributed by atoms with Crippen LogP contribution in [0.3, 0.4) is 0 Å². The number of amides is 1. The molecule has 2 rings (SSSR count). The molecule has 2 aromatic rings. The van der Waals surface area contributed by atoms with Crippen molar-refractivity contribution in [3.05, 3.63) is 59.4 Å². The zero-order valence-electron chi connectivity index (χ0n) is 18.8. The molecule has 2 N–H and O–H groups in total. The molecule has 0 spiro atoms. The number of aryl methyl sites for hydroxylation is 1. The van der Waals surface area contributed by atoms with Crippen LogP contribution in [0.15, 0.2) is 47.4 Å². The quantitative estimate of drug-likeness (QED) is 0.551. The van der Waals surface area contributed by atoms with Gasteiger partial charge in [-0.25, -0.2) is 12.8 Å². The van der Waals surface area contributed by atoms with E-state index < -0.39 is 51.2 Å². The number of esters is 1. The molecular weight excluding hydrogens is 435 g/mol. The molecule has 174 valence electrons. The summed E-state index contributed by atoms with van der Waals surface area (Å²) in [7, 11) is -4.31. The van der Waals surface area contributed by atoms with Crippen molar-refractivity contribution in [3.63, 3.8) is 0 Å². The maximum absolute atomic E-state index is 13.9. The molecule has 2 aromatic carbocycles. The fraction of sp³-hybridized carbons (Fsp3) is 0.391. The summed E-state index contributed by atoms with van der Waals surface area (Å²) in [6.07, 6.45) is 0. The first-order valence-corrected chi connectivity index (χ1v) is 11.7. The molecule has 0 bridgehead atoms. The Hall–Kier alpha value is -2.78. The van der Waals surface area contributed by atoms with Crippen molar-refractivity contribution in [2.24, 2.45) is 5.92 Å². The third-order valence-corrected chi connectivity index (χ3v) is 6.34. The largest absolute Gasteiger partial charge is 0.454 e. The molecule has 0 heterocycles. The molecular formula is C23H29FN2O5S. The second kappa shape index (κ2) is 10.7. The monoisotopic (exact) mass is 464 g/mol. The molecule has 0 aromatic heterocycles. The fourth-order valence-electron chi connectivity index (χ4n) is 3.09. The minimum Gasteiger partial charge on any atom is -0.454 e. The molecule has 0 aliphatic heterocycles. The summed E-state index contributed by atoms with van der Waals surface area (Å²) in [5.41, 5.74) is 2.47. The number of halogens is 1. The van der Waals surface area contributed by atoms with E-state index in [-0.39, 0.29) is 5.92 Å². The summed E-state index contributed by atoms with van der Waals surface area (Å²) in [5.74, 6) is -2.74. The molecule has 32 heavy (non-hydrogen) atoms. The molecule has 0 radical (unpaired) electrons. The van der Waals surface area contributed by atoms with E-state index >= 15 is 0 Å². The van der Waals surface area contributed by atoms with Gasteiger partial charge in [0.05, 0.1) is 0 Å². The van der Waals surface area contributed by atoms with E-state index in [1.54, 1.807) is 13.8 Å². The smallest absolute Gasteiger partial charge is 0.324 e. The molecule has 0 aliphatic carbocycles. The van der Waals surface area contributed by atoms with E-state index in [0.717, 1.165) is 23.3 Å². The highest BCUT2D eigenvalue weighted by molar-refractivity contribution is 7.89. The zero-order chi connectivity index (χ0) is 24.1. The molecule has 0 saturated heterocycles. The first-order chi connectivity index (χ1) is 14.9. The van der Waals surface area contributed by atoms with Gasteiger partial charge >= 0.3 is 5.97 Å². The van der Waals surface area contributed by atoms with Gasteiger partial charge in [-0.05, 0) is 42.0 Å². The van der Waals surface area contributed by atoms with Gasteiger partial charge in [0, 0.05) is 5.69 Å². The summed E-state index contributed by atoms with van der Waals surface area (Å²) in [6.45, 7) is 8.49. The molecule has 0 saturated carbocycles. The lowest BCUT2D eigenvalue weighted by molar-refractivity contribution is -0.150. The second-order valence-corrected chi connectivity index (χ2v) is 9.81. The Morgan fingerprint density at radius 2 is 1.69 bits per heavy atom. The van der Waals surface area contributed by atoms with Crippen molar-refractivity contribution in [2.45, 2.75) is 51.5 Å². The first kappa shape index (κ1) is 25.5. The molecule has 0 unspecified atom stereocenters. The highest BCUT2D eigenvalue weighted by atomic mass is 32.2. The highest BCUT2D eigenvalue weighted by Gasteiger charge is 2.31. The van der Waals surface area contributed by atoms with Crippen LogP contribution in [0.1, 0.15) is 44.7 Å². The number of ether oxygens (including phenoxy) is 1. The van der Waals surface area contributed by atoms with E-state index in [0.29, 0.717) is 5.69 Å². The molecule has 1 atom stereocenters. The Morgan fingerprint density at radius 1 is 1.03 bits per heavy atom. The van der Waals surface area contributed by atoms with Gasteiger partial charge < -0.3 is 10.1 Å². The van der Waals surface area contributed by atoms with Gasteiger partial charge in [-0.15, -0.1) is 0 Å². The van der Waals surface area contributed by atoms with Gasteiger partial charge in [0.25, 0.3) is 5.91 Å². The standard InChI is InChI=1S/C23H29FN2O5S/c1-14(2)17-10-8-9-16(5)22(17)25-20(27)13-31-23(28)21(15(3)4)26-32(29,30)19-12-7-6-11-18(19)24/h6-12,14-15,21,26H,13H2,1-5H3,(H,25,27)/t21-/m0/s1. The Balaban J connectivity index is 2.08. The van der Waals surface area contributed by atoms with E-state index in [1.165, 1.54) is 12.1 Å². The number of rotatable bonds is 9. The molecule has 9 heteroatoms. The topological polar surface area (TPSA) is 102 Å². The number of anilines is 1. The number of benzene rings is 2. The number of carbonyl (C=O) groups excluding carboxylic acids is 2. The number of sulfonamides is 1. The van der Waals surface area contributed by atoms with Gasteiger partial charge in [0.2, 0.25) is 10.0 Å². The lowest BCUT2D eigenvalue weighted by Gasteiger charge is -2.21. The summed E-state index contributed by atoms with van der Waals surface area (Å²) in [5, 5.41) is 2.76. The van der Waals surface area contributed by atoms with Gasteiger partial charge in [0.1, 0.15) is 16.8 Å². The third kappa shape index (κ3) is 6.37. The average molecular weight is 465 g/mol. The number of hydrogen-bond acceptors (Lipinski definition) is 5. The van der Waals surface area contributed by atoms with Crippen LogP contribution < -0.4 is 10.0 Å². The summed E-state index contributed by atoms with van der Waals surface area (Å²) < 4.78 is 46.3. The summed E-state index contributed by atoms with van der Waals surface area (Å²) in [4.78, 5) is 24.4. The minimum atomic E-state index is -4.31. The maximum Gasteiger partial charge on any atom is 0.324 e. The number of para-hydroxylation sites is 1. The molecule has 0 fully saturated rings. The van der Waals surface area contributed by atoms with Crippen LogP contribution in [0.5, 0.6) is 0 Å². The van der Waals surface area contributed by atoms with Crippen molar-refractivity contribution >= 4 is 27.6 Å². The normalized spacial score (nSPS) is 12.6. The first-order valence-electron chi connectivity index (χ1n) is 10.3. The van der Waals surface area contributed by atoms with Gasteiger partial charge in [-0.3, -0.25) is 9.59 Å². The zero-order valence-corrected chi connectivity index (χ0v) is 19.6. The van der Waals surface area contributed by atoms with Gasteiger partial charge in [-0.1, -0.05) is 58.0 Å². The fourth-order valence-corrected chi connectivity index (χ4v) is 4.51. The highest BCUT2D eigenvalue weighted by Crippen LogP contribution is 2.27. The van der Waals surface area contributed by atoms with Gasteiger partial charge in [-0.2, -0.15) is 4.72 Å². The van der Waals surface area contributed by atoms with E-state index in [4.69, 9.17) is 4.74 Å². The van der Waals surface area contributed by atoms with E-state index in [9.17, 15) is 22.4 Å². The SMILES string of the molecule is Cc1cccc(C(C)C)c1NC(=O)COC(=O)[C@@H](NS(=O)(=O)c1ccccc1F)C(C)C. The van der Waals surface area contributed by atoms with Crippen LogP contribution in [-0.4, -0.2) is 32.9 Å². The van der Waals surface area contributed by atoms with Crippen LogP contribution in [0.25, 0.3) is 0 Å². The number of nitrogens with one attached hydrogen (secondary N) is 2. The van der Waals surface area contributed by atoms with Crippen molar-refractivity contribution in [1.29, 1.82) is 0 Å². The van der Waals surface area contributed by atoms with Crippen LogP contribution in [-0.2, 0) is 24.3 Å². The second-order valence-electron chi connectivity index (χ2n) is 8.12. The minimum absolute atomic E-state index is 0.172. The predicted molar refractivity (Wildman–Crippen MR) is 120 cm³/mol. The van der Waals surface area contributed by atoms with Crippen molar-refractivity contribution in [3.8, 4) is 0 Å². The molecule has 1 amide bonds. The number of carbonyl (C=O) groups is 2. The lowest BCUT2D eigenvalue weighted by atomic mass is 9.98. The molecule has 7 nitrogen and oxygen atoms in total. The van der Waals surface area contributed by atoms with E-state index in [2.05, 4.69) is 10.0 Å². The Kier molecular flexibility index (Phi) is 8.51. The van der Waals surface area contributed by atoms with Crippen LogP contribution in [0.4, 0.5) is 10.1 Å². The predicted octanol–water partition coefficient (Wildman–Crippen LogP) is 3.74. The van der Waals surface area contributed by atoms with E-state index in [1.807, 2.05) is 39.0 Å². The summed E-state index contributed by atoms with van der Waals surface area (Å²) >= 11 is 0. The third-order valence-electron chi connectivity index (χ3n) is 4.87. The van der Waals surface area contributed by atoms with Crippen LogP contribution >= 0.6 is 0 Å². The number of hydrogen-bond donors (Lipinski definition) is 2. The Morgan fingerprint density at radius 3 is 2.28 bits per heavy atom. The lowest BCUT2D eigenvalue weighted by Crippen LogP contribution is -2.46. The average Bonchev–Trinajstić information content (AvgIpc) is 2.71. The van der Waals surface area contributed by atoms with Crippen molar-refractivity contribution in [1.82, 2.24) is 4.72 Å². The Labute approximate surface area is 188 Å². The summed E-state index contributed by atoms with van der Waals surface area (Å²) in [6, 6.07) is 9.22.